The highest BCUT2D eigenvalue weighted by molar-refractivity contribution is 7.26. The molecule has 25 heavy (non-hydrogen) atoms. The van der Waals surface area contributed by atoms with Crippen LogP contribution in [0.15, 0.2) is 66.9 Å². The molecule has 0 fully saturated rings. The van der Waals surface area contributed by atoms with Crippen LogP contribution in [-0.4, -0.2) is 4.98 Å². The maximum atomic E-state index is 4.73. The summed E-state index contributed by atoms with van der Waals surface area (Å²) in [6, 6.07) is 22.0. The summed E-state index contributed by atoms with van der Waals surface area (Å²) in [5.41, 5.74) is 4.86. The molecule has 0 N–H and O–H groups in total. The van der Waals surface area contributed by atoms with Crippen LogP contribution in [0.4, 0.5) is 0 Å². The number of fused-ring (bicyclic) bond motifs is 4. The van der Waals surface area contributed by atoms with Gasteiger partial charge in [-0.05, 0) is 55.0 Å². The van der Waals surface area contributed by atoms with E-state index in [1.165, 1.54) is 47.6 Å². The van der Waals surface area contributed by atoms with Crippen LogP contribution in [-0.2, 0) is 0 Å². The Kier molecular flexibility index (Phi) is 3.16. The Morgan fingerprint density at radius 1 is 0.760 bits per heavy atom. The third-order valence-electron chi connectivity index (χ3n) is 4.75. The highest BCUT2D eigenvalue weighted by Gasteiger charge is 2.12. The number of nitrogens with zero attached hydrogens (tertiary/aromatic N) is 1. The highest BCUT2D eigenvalue weighted by Crippen LogP contribution is 2.40. The van der Waals surface area contributed by atoms with Gasteiger partial charge >= 0.3 is 0 Å². The third kappa shape index (κ3) is 2.33. The zero-order valence-electron chi connectivity index (χ0n) is 14.2. The molecule has 2 heterocycles. The maximum Gasteiger partial charge on any atom is 0.0880 e. The first-order chi connectivity index (χ1) is 12.2. The van der Waals surface area contributed by atoms with E-state index in [2.05, 4.69) is 74.5 Å². The van der Waals surface area contributed by atoms with E-state index < -0.39 is 0 Å². The minimum Gasteiger partial charge on any atom is -0.255 e. The smallest absolute Gasteiger partial charge is 0.0880 e. The zero-order chi connectivity index (χ0) is 17.0. The minimum atomic E-state index is 1.09. The predicted octanol–water partition coefficient (Wildman–Crippen LogP) is 6.89. The van der Waals surface area contributed by atoms with E-state index in [1.807, 2.05) is 17.5 Å². The number of hydrogen-bond acceptors (Lipinski definition) is 2. The SMILES string of the molecule is Cc1cc(C)cc(-c2nccc3c2sc2cc4ccccc4cc23)c1. The summed E-state index contributed by atoms with van der Waals surface area (Å²) in [4.78, 5) is 4.73. The fraction of sp³-hybridized carbons (Fsp3) is 0.0870. The Morgan fingerprint density at radius 2 is 1.48 bits per heavy atom. The van der Waals surface area contributed by atoms with Gasteiger partial charge in [-0.15, -0.1) is 11.3 Å². The van der Waals surface area contributed by atoms with Gasteiger partial charge in [-0.3, -0.25) is 4.98 Å². The molecule has 3 aromatic carbocycles. The first-order valence-corrected chi connectivity index (χ1v) is 9.29. The van der Waals surface area contributed by atoms with Crippen molar-refractivity contribution in [2.45, 2.75) is 13.8 Å². The summed E-state index contributed by atoms with van der Waals surface area (Å²) in [6.07, 6.45) is 1.94. The lowest BCUT2D eigenvalue weighted by atomic mass is 10.0. The second kappa shape index (κ2) is 5.40. The van der Waals surface area contributed by atoms with Gasteiger partial charge in [0.1, 0.15) is 0 Å². The van der Waals surface area contributed by atoms with Crippen LogP contribution in [0.3, 0.4) is 0 Å². The molecule has 0 saturated heterocycles. The van der Waals surface area contributed by atoms with E-state index in [0.29, 0.717) is 0 Å². The quantitative estimate of drug-likeness (QED) is 0.324. The van der Waals surface area contributed by atoms with Gasteiger partial charge in [-0.1, -0.05) is 41.5 Å². The van der Waals surface area contributed by atoms with Gasteiger partial charge in [-0.25, -0.2) is 0 Å². The number of aryl methyl sites for hydroxylation is 2. The molecule has 0 aliphatic heterocycles. The molecule has 2 heteroatoms. The molecular formula is C23H17NS. The molecule has 2 aromatic heterocycles. The molecule has 5 aromatic rings. The average molecular weight is 339 g/mol. The van der Waals surface area contributed by atoms with Crippen molar-refractivity contribution < 1.29 is 0 Å². The number of hydrogen-bond donors (Lipinski definition) is 0. The summed E-state index contributed by atoms with van der Waals surface area (Å²) in [6.45, 7) is 4.29. The molecule has 0 aliphatic rings. The van der Waals surface area contributed by atoms with Crippen molar-refractivity contribution in [3.63, 3.8) is 0 Å². The van der Waals surface area contributed by atoms with Crippen molar-refractivity contribution in [2.75, 3.05) is 0 Å². The van der Waals surface area contributed by atoms with Crippen molar-refractivity contribution in [1.29, 1.82) is 0 Å². The summed E-state index contributed by atoms with van der Waals surface area (Å²) in [7, 11) is 0. The fourth-order valence-corrected chi connectivity index (χ4v) is 4.94. The van der Waals surface area contributed by atoms with Gasteiger partial charge in [-0.2, -0.15) is 0 Å². The van der Waals surface area contributed by atoms with Gasteiger partial charge in [0.15, 0.2) is 0 Å². The van der Waals surface area contributed by atoms with E-state index in [1.54, 1.807) is 0 Å². The number of pyridine rings is 1. The van der Waals surface area contributed by atoms with Crippen LogP contribution in [0.1, 0.15) is 11.1 Å². The van der Waals surface area contributed by atoms with E-state index >= 15 is 0 Å². The normalized spacial score (nSPS) is 11.6. The number of aromatic nitrogens is 1. The van der Waals surface area contributed by atoms with Gasteiger partial charge in [0.25, 0.3) is 0 Å². The van der Waals surface area contributed by atoms with Crippen molar-refractivity contribution in [2.24, 2.45) is 0 Å². The lowest BCUT2D eigenvalue weighted by molar-refractivity contribution is 1.33. The molecule has 1 nitrogen and oxygen atoms in total. The Morgan fingerprint density at radius 3 is 2.24 bits per heavy atom. The van der Waals surface area contributed by atoms with E-state index in [4.69, 9.17) is 4.98 Å². The van der Waals surface area contributed by atoms with Gasteiger partial charge in [0.05, 0.1) is 10.4 Å². The molecule has 0 aliphatic carbocycles. The first kappa shape index (κ1) is 14.6. The number of thiophene rings is 1. The lowest BCUT2D eigenvalue weighted by Crippen LogP contribution is -1.86. The molecule has 0 atom stereocenters. The molecule has 120 valence electrons. The molecular weight excluding hydrogens is 322 g/mol. The topological polar surface area (TPSA) is 12.9 Å². The van der Waals surface area contributed by atoms with Crippen molar-refractivity contribution in [3.05, 3.63) is 78.0 Å². The van der Waals surface area contributed by atoms with Gasteiger partial charge in [0, 0.05) is 27.2 Å². The molecule has 0 amide bonds. The second-order valence-corrected chi connectivity index (χ2v) is 7.76. The van der Waals surface area contributed by atoms with Crippen molar-refractivity contribution >= 4 is 42.3 Å². The maximum absolute atomic E-state index is 4.73. The Hall–Kier alpha value is -2.71. The molecule has 0 saturated carbocycles. The van der Waals surface area contributed by atoms with Crippen LogP contribution < -0.4 is 0 Å². The summed E-state index contributed by atoms with van der Waals surface area (Å²) in [5, 5.41) is 5.21. The van der Waals surface area contributed by atoms with Crippen LogP contribution in [0.2, 0.25) is 0 Å². The van der Waals surface area contributed by atoms with Crippen LogP contribution >= 0.6 is 11.3 Å². The third-order valence-corrected chi connectivity index (χ3v) is 5.92. The van der Waals surface area contributed by atoms with Crippen LogP contribution in [0.25, 0.3) is 42.2 Å². The standard InChI is InChI=1S/C23H17NS/c1-14-9-15(2)11-18(10-14)22-23-19(7-8-24-22)20-12-16-5-3-4-6-17(16)13-21(20)25-23/h3-13H,1-2H3. The molecule has 0 unspecified atom stereocenters. The van der Waals surface area contributed by atoms with E-state index in [0.717, 1.165) is 5.69 Å². The first-order valence-electron chi connectivity index (χ1n) is 8.48. The van der Waals surface area contributed by atoms with Crippen molar-refractivity contribution in [3.8, 4) is 11.3 Å². The Labute approximate surface area is 150 Å². The Balaban J connectivity index is 1.87. The largest absolute Gasteiger partial charge is 0.255 e. The lowest BCUT2D eigenvalue weighted by Gasteiger charge is -2.05. The van der Waals surface area contributed by atoms with E-state index in [9.17, 15) is 0 Å². The molecule has 5 rings (SSSR count). The highest BCUT2D eigenvalue weighted by atomic mass is 32.1. The molecule has 0 radical (unpaired) electrons. The Bertz CT molecular complexity index is 1240. The zero-order valence-corrected chi connectivity index (χ0v) is 15.0. The van der Waals surface area contributed by atoms with Gasteiger partial charge < -0.3 is 0 Å². The summed E-state index contributed by atoms with van der Waals surface area (Å²) >= 11 is 1.85. The second-order valence-electron chi connectivity index (χ2n) is 6.71. The molecule has 0 bridgehead atoms. The predicted molar refractivity (Wildman–Crippen MR) is 110 cm³/mol. The van der Waals surface area contributed by atoms with Crippen LogP contribution in [0.5, 0.6) is 0 Å². The molecule has 0 spiro atoms. The number of benzene rings is 3. The minimum absolute atomic E-state index is 1.09. The fourth-order valence-electron chi connectivity index (χ4n) is 3.70. The average Bonchev–Trinajstić information content (AvgIpc) is 2.96. The van der Waals surface area contributed by atoms with Crippen molar-refractivity contribution in [1.82, 2.24) is 4.98 Å². The van der Waals surface area contributed by atoms with E-state index in [-0.39, 0.29) is 0 Å². The van der Waals surface area contributed by atoms with Gasteiger partial charge in [0.2, 0.25) is 0 Å². The summed E-state index contributed by atoms with van der Waals surface area (Å²) in [5.74, 6) is 0. The number of rotatable bonds is 1. The van der Waals surface area contributed by atoms with Crippen LogP contribution in [0, 0.1) is 13.8 Å². The summed E-state index contributed by atoms with van der Waals surface area (Å²) < 4.78 is 2.60. The monoisotopic (exact) mass is 339 g/mol.